The van der Waals surface area contributed by atoms with Crippen LogP contribution in [0.4, 0.5) is 0 Å². The Morgan fingerprint density at radius 1 is 1.06 bits per heavy atom. The normalized spacial score (nSPS) is 10.4. The van der Waals surface area contributed by atoms with Crippen LogP contribution in [0.3, 0.4) is 0 Å². The van der Waals surface area contributed by atoms with Gasteiger partial charge in [-0.2, -0.15) is 26.6 Å². The summed E-state index contributed by atoms with van der Waals surface area (Å²) in [7, 11) is -4.94. The maximum absolute atomic E-state index is 10.9. The standard InChI is InChI=1S/C8H5O7S.K/c9-7(10)4-2-1-3-5(8(11)12)6(4)16(13,14)15;/h2-3H,(H,9,10)(H,11,12)(H,13,14,15);/q-1;+1. The predicted molar refractivity (Wildman–Crippen MR) is 49.0 cm³/mol. The van der Waals surface area contributed by atoms with Crippen molar-refractivity contribution in [2.75, 3.05) is 0 Å². The fourth-order valence-electron chi connectivity index (χ4n) is 1.08. The van der Waals surface area contributed by atoms with Crippen LogP contribution < -0.4 is 51.4 Å². The molecule has 0 heterocycles. The first-order valence-electron chi connectivity index (χ1n) is 3.73. The number of carboxylic acid groups (broad SMARTS) is 2. The van der Waals surface area contributed by atoms with Crippen molar-refractivity contribution in [2.45, 2.75) is 4.90 Å². The molecule has 1 aromatic carbocycles. The van der Waals surface area contributed by atoms with E-state index in [-0.39, 0.29) is 51.4 Å². The zero-order valence-electron chi connectivity index (χ0n) is 8.54. The minimum Gasteiger partial charge on any atom is -0.487 e. The van der Waals surface area contributed by atoms with E-state index in [0.717, 1.165) is 12.1 Å². The fraction of sp³-hybridized carbons (Fsp3) is 0. The van der Waals surface area contributed by atoms with Gasteiger partial charge in [0.25, 0.3) is 22.1 Å². The van der Waals surface area contributed by atoms with Gasteiger partial charge in [-0.3, -0.25) is 14.1 Å². The van der Waals surface area contributed by atoms with Crippen molar-refractivity contribution < 1.29 is 84.2 Å². The monoisotopic (exact) mass is 284 g/mol. The second-order valence-corrected chi connectivity index (χ2v) is 4.06. The summed E-state index contributed by atoms with van der Waals surface area (Å²) in [6, 6.07) is 3.69. The van der Waals surface area contributed by atoms with Gasteiger partial charge >= 0.3 is 51.4 Å². The molecule has 0 fully saturated rings. The third kappa shape index (κ3) is 3.84. The molecule has 7 nitrogen and oxygen atoms in total. The molecule has 0 atom stereocenters. The van der Waals surface area contributed by atoms with Gasteiger partial charge in [0.2, 0.25) is 0 Å². The second-order valence-electron chi connectivity index (χ2n) is 2.70. The van der Waals surface area contributed by atoms with E-state index in [4.69, 9.17) is 14.8 Å². The van der Waals surface area contributed by atoms with Crippen LogP contribution in [0, 0.1) is 6.07 Å². The van der Waals surface area contributed by atoms with E-state index < -0.39 is 38.1 Å². The number of benzene rings is 1. The summed E-state index contributed by atoms with van der Waals surface area (Å²) in [6.07, 6.45) is 0. The molecule has 17 heavy (non-hydrogen) atoms. The average molecular weight is 284 g/mol. The minimum atomic E-state index is -4.94. The number of rotatable bonds is 3. The van der Waals surface area contributed by atoms with Gasteiger partial charge in [-0.05, 0) is 11.1 Å². The van der Waals surface area contributed by atoms with Gasteiger partial charge in [0.15, 0.2) is 0 Å². The first kappa shape index (κ1) is 16.7. The summed E-state index contributed by atoms with van der Waals surface area (Å²) < 4.78 is 30.6. The number of hydrogen-bond acceptors (Lipinski definition) is 4. The van der Waals surface area contributed by atoms with E-state index in [1.54, 1.807) is 0 Å². The fourth-order valence-corrected chi connectivity index (χ4v) is 1.93. The van der Waals surface area contributed by atoms with Crippen LogP contribution in [-0.2, 0) is 10.1 Å². The van der Waals surface area contributed by atoms with Crippen LogP contribution in [0.1, 0.15) is 20.7 Å². The van der Waals surface area contributed by atoms with E-state index >= 15 is 0 Å². The van der Waals surface area contributed by atoms with Gasteiger partial charge < -0.3 is 10.2 Å². The van der Waals surface area contributed by atoms with Crippen molar-refractivity contribution in [1.82, 2.24) is 0 Å². The zero-order valence-corrected chi connectivity index (χ0v) is 12.5. The van der Waals surface area contributed by atoms with Crippen LogP contribution in [0.2, 0.25) is 0 Å². The number of carbonyl (C=O) groups is 2. The van der Waals surface area contributed by atoms with Crippen molar-refractivity contribution in [3.63, 3.8) is 0 Å². The van der Waals surface area contributed by atoms with E-state index in [1.807, 2.05) is 0 Å². The van der Waals surface area contributed by atoms with Crippen molar-refractivity contribution in [2.24, 2.45) is 0 Å². The van der Waals surface area contributed by atoms with Gasteiger partial charge in [-0.15, -0.1) is 0 Å². The molecule has 0 aliphatic rings. The Bertz CT molecular complexity index is 531. The predicted octanol–water partition coefficient (Wildman–Crippen LogP) is -2.87. The Balaban J connectivity index is 0.00000256. The topological polar surface area (TPSA) is 129 Å². The maximum atomic E-state index is 10.9. The molecule has 0 saturated carbocycles. The average Bonchev–Trinajstić information content (AvgIpc) is 2.15. The van der Waals surface area contributed by atoms with Crippen LogP contribution in [0.25, 0.3) is 0 Å². The number of aromatic carboxylic acids is 2. The Hall–Kier alpha value is -0.294. The van der Waals surface area contributed by atoms with E-state index in [2.05, 4.69) is 6.07 Å². The summed E-state index contributed by atoms with van der Waals surface area (Å²) in [5, 5.41) is 17.3. The van der Waals surface area contributed by atoms with Gasteiger partial charge in [-0.25, -0.2) is 0 Å². The molecule has 0 radical (unpaired) electrons. The molecular formula is C8H5KO7S. The molecule has 0 bridgehead atoms. The Kier molecular flexibility index (Phi) is 5.94. The molecule has 9 heteroatoms. The number of carboxylic acids is 2. The maximum Gasteiger partial charge on any atom is 1.00 e. The van der Waals surface area contributed by atoms with E-state index in [1.165, 1.54) is 0 Å². The Labute approximate surface area is 139 Å². The molecule has 0 aliphatic heterocycles. The summed E-state index contributed by atoms with van der Waals surface area (Å²) in [5.74, 6) is -3.35. The minimum absolute atomic E-state index is 0. The van der Waals surface area contributed by atoms with Crippen LogP contribution in [0.15, 0.2) is 17.0 Å². The number of hydrogen-bond donors (Lipinski definition) is 3. The summed E-state index contributed by atoms with van der Waals surface area (Å²) in [6.45, 7) is 0. The molecule has 86 valence electrons. The van der Waals surface area contributed by atoms with Crippen molar-refractivity contribution >= 4 is 22.1 Å². The molecule has 3 N–H and O–H groups in total. The third-order valence-corrected chi connectivity index (χ3v) is 2.62. The second kappa shape index (κ2) is 6.04. The molecule has 0 aromatic heterocycles. The summed E-state index contributed by atoms with van der Waals surface area (Å²) in [5.41, 5.74) is -1.69. The summed E-state index contributed by atoms with van der Waals surface area (Å²) in [4.78, 5) is 20.2. The van der Waals surface area contributed by atoms with Gasteiger partial charge in [0.1, 0.15) is 0 Å². The molecule has 1 rings (SSSR count). The first-order valence-corrected chi connectivity index (χ1v) is 5.17. The van der Waals surface area contributed by atoms with Gasteiger partial charge in [0, 0.05) is 4.90 Å². The smallest absolute Gasteiger partial charge is 0.487 e. The van der Waals surface area contributed by atoms with Crippen molar-refractivity contribution in [3.8, 4) is 0 Å². The van der Waals surface area contributed by atoms with Crippen LogP contribution in [-0.4, -0.2) is 35.1 Å². The summed E-state index contributed by atoms with van der Waals surface area (Å²) >= 11 is 0. The molecule has 0 unspecified atom stereocenters. The van der Waals surface area contributed by atoms with Crippen molar-refractivity contribution in [1.29, 1.82) is 0 Å². The molecule has 0 amide bonds. The molecule has 1 aromatic rings. The van der Waals surface area contributed by atoms with Gasteiger partial charge in [0.05, 0.1) is 0 Å². The quantitative estimate of drug-likeness (QED) is 0.309. The SMILES string of the molecule is O=C(O)c1c[c-]cc(C(=O)O)c1S(=O)(=O)O.[K+]. The first-order chi connectivity index (χ1) is 7.25. The third-order valence-electron chi connectivity index (χ3n) is 1.66. The largest absolute Gasteiger partial charge is 1.00 e. The molecule has 0 aliphatic carbocycles. The van der Waals surface area contributed by atoms with Crippen LogP contribution >= 0.6 is 0 Å². The Morgan fingerprint density at radius 3 is 1.65 bits per heavy atom. The molecular weight excluding hydrogens is 279 g/mol. The zero-order chi connectivity index (χ0) is 12.5. The molecule has 0 saturated heterocycles. The van der Waals surface area contributed by atoms with Gasteiger partial charge in [-0.1, -0.05) is 0 Å². The molecule has 0 spiro atoms. The van der Waals surface area contributed by atoms with E-state index in [0.29, 0.717) is 0 Å². The van der Waals surface area contributed by atoms with Crippen LogP contribution in [0.5, 0.6) is 0 Å². The van der Waals surface area contributed by atoms with E-state index in [9.17, 15) is 18.0 Å². The van der Waals surface area contributed by atoms with Crippen molar-refractivity contribution in [3.05, 3.63) is 29.3 Å². The Morgan fingerprint density at radius 2 is 1.41 bits per heavy atom.